The first-order valence-corrected chi connectivity index (χ1v) is 16.1. The molecule has 0 spiro atoms. The molecule has 1 atom stereocenters. The van der Waals surface area contributed by atoms with Gasteiger partial charge < -0.3 is 18.8 Å². The second-order valence-electron chi connectivity index (χ2n) is 10.8. The van der Waals surface area contributed by atoms with Crippen molar-refractivity contribution in [3.63, 3.8) is 0 Å². The zero-order valence-corrected chi connectivity index (χ0v) is 28.2. The van der Waals surface area contributed by atoms with Crippen molar-refractivity contribution in [2.45, 2.75) is 32.9 Å². The molecule has 1 aliphatic rings. The predicted molar refractivity (Wildman–Crippen MR) is 183 cm³/mol. The van der Waals surface area contributed by atoms with Gasteiger partial charge in [-0.15, -0.1) is 0 Å². The molecule has 8 nitrogen and oxygen atoms in total. The van der Waals surface area contributed by atoms with E-state index >= 15 is 0 Å². The summed E-state index contributed by atoms with van der Waals surface area (Å²) in [5, 5.41) is 2.14. The molecule has 3 aromatic carbocycles. The molecule has 6 rings (SSSR count). The summed E-state index contributed by atoms with van der Waals surface area (Å²) < 4.78 is 21.0. The number of rotatable bonds is 9. The third-order valence-corrected chi connectivity index (χ3v) is 9.68. The van der Waals surface area contributed by atoms with Crippen LogP contribution in [0.25, 0.3) is 17.0 Å². The van der Waals surface area contributed by atoms with Gasteiger partial charge in [0.2, 0.25) is 5.75 Å². The van der Waals surface area contributed by atoms with Crippen molar-refractivity contribution in [1.82, 2.24) is 9.13 Å². The molecular formula is C35H31Cl2N3O5S. The molecule has 11 heteroatoms. The summed E-state index contributed by atoms with van der Waals surface area (Å²) in [6.45, 7) is 4.13. The van der Waals surface area contributed by atoms with Gasteiger partial charge in [-0.05, 0) is 54.5 Å². The van der Waals surface area contributed by atoms with Crippen LogP contribution >= 0.6 is 34.5 Å². The second-order valence-corrected chi connectivity index (χ2v) is 12.6. The van der Waals surface area contributed by atoms with Crippen LogP contribution < -0.4 is 29.1 Å². The molecule has 1 aliphatic heterocycles. The lowest BCUT2D eigenvalue weighted by Crippen LogP contribution is -2.39. The highest BCUT2D eigenvalue weighted by Gasteiger charge is 2.33. The van der Waals surface area contributed by atoms with E-state index in [-0.39, 0.29) is 17.8 Å². The number of ether oxygens (including phenoxy) is 3. The first kappa shape index (κ1) is 31.7. The van der Waals surface area contributed by atoms with Gasteiger partial charge in [0, 0.05) is 56.9 Å². The molecule has 0 bridgehead atoms. The van der Waals surface area contributed by atoms with E-state index in [2.05, 4.69) is 4.57 Å². The van der Waals surface area contributed by atoms with Crippen molar-refractivity contribution in [2.75, 3.05) is 21.3 Å². The molecule has 46 heavy (non-hydrogen) atoms. The lowest BCUT2D eigenvalue weighted by Gasteiger charge is -2.26. The van der Waals surface area contributed by atoms with Crippen LogP contribution in [0.15, 0.2) is 81.9 Å². The highest BCUT2D eigenvalue weighted by Crippen LogP contribution is 2.42. The summed E-state index contributed by atoms with van der Waals surface area (Å²) in [6.07, 6.45) is 4.16. The minimum Gasteiger partial charge on any atom is -0.493 e. The Kier molecular flexibility index (Phi) is 8.83. The van der Waals surface area contributed by atoms with E-state index in [4.69, 9.17) is 42.4 Å². The number of allylic oxidation sites excluding steroid dienone is 2. The Morgan fingerprint density at radius 3 is 2.39 bits per heavy atom. The van der Waals surface area contributed by atoms with Crippen LogP contribution in [0.1, 0.15) is 43.0 Å². The van der Waals surface area contributed by atoms with Crippen LogP contribution in [0.4, 0.5) is 0 Å². The van der Waals surface area contributed by atoms with E-state index in [0.29, 0.717) is 60.0 Å². The number of methoxy groups -OCH3 is 3. The van der Waals surface area contributed by atoms with Crippen LogP contribution in [0.2, 0.25) is 10.0 Å². The maximum absolute atomic E-state index is 14.3. The molecular weight excluding hydrogens is 645 g/mol. The molecule has 0 fully saturated rings. The van der Waals surface area contributed by atoms with Crippen LogP contribution in [-0.2, 0) is 11.3 Å². The van der Waals surface area contributed by atoms with Crippen LogP contribution in [-0.4, -0.2) is 36.2 Å². The minimum absolute atomic E-state index is 0.0989. The normalized spacial score (nSPS) is 14.8. The third kappa shape index (κ3) is 5.53. The van der Waals surface area contributed by atoms with E-state index in [9.17, 15) is 9.59 Å². The lowest BCUT2D eigenvalue weighted by molar-refractivity contribution is -0.115. The first-order chi connectivity index (χ1) is 22.2. The fraction of sp³-hybridized carbons (Fsp3) is 0.229. The number of fused-ring (bicyclic) bond motifs is 2. The van der Waals surface area contributed by atoms with E-state index in [1.165, 1.54) is 32.7 Å². The Morgan fingerprint density at radius 2 is 1.74 bits per heavy atom. The van der Waals surface area contributed by atoms with E-state index < -0.39 is 6.04 Å². The number of nitrogens with zero attached hydrogens (tertiary/aromatic N) is 3. The summed E-state index contributed by atoms with van der Waals surface area (Å²) >= 11 is 13.9. The van der Waals surface area contributed by atoms with Crippen molar-refractivity contribution in [3.05, 3.63) is 118 Å². The van der Waals surface area contributed by atoms with Gasteiger partial charge in [0.05, 0.1) is 31.9 Å². The fourth-order valence-electron chi connectivity index (χ4n) is 5.94. The van der Waals surface area contributed by atoms with Gasteiger partial charge in [0.1, 0.15) is 0 Å². The third-order valence-electron chi connectivity index (χ3n) is 8.11. The summed E-state index contributed by atoms with van der Waals surface area (Å²) in [5.74, 6) is 1.16. The maximum atomic E-state index is 14.3. The number of halogens is 2. The van der Waals surface area contributed by atoms with Gasteiger partial charge in [-0.1, -0.05) is 65.7 Å². The number of aromatic nitrogens is 2. The quantitative estimate of drug-likeness (QED) is 0.177. The largest absolute Gasteiger partial charge is 0.493 e. The van der Waals surface area contributed by atoms with Gasteiger partial charge in [0.25, 0.3) is 5.56 Å². The summed E-state index contributed by atoms with van der Waals surface area (Å²) in [5.41, 5.74) is 4.19. The van der Waals surface area contributed by atoms with Crippen molar-refractivity contribution >= 4 is 57.3 Å². The van der Waals surface area contributed by atoms with Crippen LogP contribution in [0, 0.1) is 0 Å². The molecule has 5 aromatic rings. The van der Waals surface area contributed by atoms with Gasteiger partial charge >= 0.3 is 0 Å². The number of hydrogen-bond acceptors (Lipinski definition) is 7. The topological polar surface area (TPSA) is 84.1 Å². The predicted octanol–water partition coefficient (Wildman–Crippen LogP) is 6.55. The van der Waals surface area contributed by atoms with Crippen LogP contribution in [0.3, 0.4) is 0 Å². The summed E-state index contributed by atoms with van der Waals surface area (Å²) in [4.78, 5) is 33.0. The molecule has 0 radical (unpaired) electrons. The van der Waals surface area contributed by atoms with E-state index in [1.807, 2.05) is 48.7 Å². The Morgan fingerprint density at radius 1 is 1.02 bits per heavy atom. The minimum atomic E-state index is -0.743. The molecule has 3 heterocycles. The molecule has 0 saturated heterocycles. The van der Waals surface area contributed by atoms with Crippen molar-refractivity contribution < 1.29 is 19.0 Å². The lowest BCUT2D eigenvalue weighted by atomic mass is 9.91. The number of para-hydroxylation sites is 1. The maximum Gasteiger partial charge on any atom is 0.271 e. The SMILES string of the molecule is CCC(=O)C1=C(C)N=c2s/c(=C/c3cn(Cc4ccc(Cl)cc4Cl)c4ccccc34)c(=O)n2C1c1cc(OC)c(OC)c(OC)c1. The molecule has 0 saturated carbocycles. The number of carbonyl (C=O) groups is 1. The van der Waals surface area contributed by atoms with Crippen LogP contribution in [0.5, 0.6) is 17.2 Å². The zero-order valence-electron chi connectivity index (χ0n) is 25.9. The Balaban J connectivity index is 1.55. The average Bonchev–Trinajstić information content (AvgIpc) is 3.56. The van der Waals surface area contributed by atoms with Crippen molar-refractivity contribution in [1.29, 1.82) is 0 Å². The molecule has 0 amide bonds. The van der Waals surface area contributed by atoms with E-state index in [0.717, 1.165) is 22.0 Å². The number of Topliss-reactive ketones (excluding diaryl/α,β-unsaturated/α-hetero) is 1. The molecule has 0 N–H and O–H groups in total. The number of benzene rings is 3. The Bertz CT molecular complexity index is 2210. The number of ketones is 1. The Hall–Kier alpha value is -4.31. The average molecular weight is 677 g/mol. The fourth-order valence-corrected chi connectivity index (χ4v) is 7.44. The number of hydrogen-bond donors (Lipinski definition) is 0. The highest BCUT2D eigenvalue weighted by atomic mass is 35.5. The monoisotopic (exact) mass is 675 g/mol. The van der Waals surface area contributed by atoms with Gasteiger partial charge in [-0.3, -0.25) is 14.2 Å². The number of thiazole rings is 1. The summed E-state index contributed by atoms with van der Waals surface area (Å²) in [6, 6.07) is 16.3. The molecule has 1 unspecified atom stereocenters. The highest BCUT2D eigenvalue weighted by molar-refractivity contribution is 7.07. The molecule has 0 aliphatic carbocycles. The standard InChI is InChI=1S/C35H31Cl2N3O5S/c1-6-27(41)31-19(2)38-35-40(32(31)21-13-28(43-3)33(45-5)29(14-21)44-4)34(42)30(46-35)15-22-18-39(26-10-8-7-9-24(22)26)17-20-11-12-23(36)16-25(20)37/h7-16,18,32H,6,17H2,1-5H3/b30-15+. The Labute approximate surface area is 279 Å². The smallest absolute Gasteiger partial charge is 0.271 e. The second kappa shape index (κ2) is 12.8. The van der Waals surface area contributed by atoms with Gasteiger partial charge in [-0.25, -0.2) is 4.99 Å². The van der Waals surface area contributed by atoms with Crippen molar-refractivity contribution in [2.24, 2.45) is 4.99 Å². The van der Waals surface area contributed by atoms with Gasteiger partial charge in [-0.2, -0.15) is 0 Å². The number of carbonyl (C=O) groups excluding carboxylic acids is 1. The molecule has 2 aromatic heterocycles. The van der Waals surface area contributed by atoms with Gasteiger partial charge in [0.15, 0.2) is 22.1 Å². The zero-order chi connectivity index (χ0) is 32.7. The first-order valence-electron chi connectivity index (χ1n) is 14.6. The van der Waals surface area contributed by atoms with Crippen molar-refractivity contribution in [3.8, 4) is 17.2 Å². The van der Waals surface area contributed by atoms with E-state index in [1.54, 1.807) is 36.6 Å². The summed E-state index contributed by atoms with van der Waals surface area (Å²) in [7, 11) is 4.59. The molecule has 236 valence electrons.